The van der Waals surface area contributed by atoms with Crippen LogP contribution < -0.4 is 0 Å². The SMILES string of the molecule is CN(C(=O)c1ccc(O)cc1O)C1CCCCC1. The lowest BCUT2D eigenvalue weighted by Gasteiger charge is -2.31. The molecule has 98 valence electrons. The molecule has 0 aromatic heterocycles. The van der Waals surface area contributed by atoms with E-state index in [2.05, 4.69) is 0 Å². The van der Waals surface area contributed by atoms with E-state index in [-0.39, 0.29) is 29.0 Å². The van der Waals surface area contributed by atoms with Crippen LogP contribution in [0.2, 0.25) is 0 Å². The Hall–Kier alpha value is -1.71. The molecule has 1 fully saturated rings. The van der Waals surface area contributed by atoms with Gasteiger partial charge in [-0.15, -0.1) is 0 Å². The Bertz CT molecular complexity index is 439. The first-order valence-corrected chi connectivity index (χ1v) is 6.38. The molecule has 4 nitrogen and oxygen atoms in total. The third-order valence-corrected chi connectivity index (χ3v) is 3.65. The van der Waals surface area contributed by atoms with Crippen molar-refractivity contribution in [3.05, 3.63) is 23.8 Å². The number of carbonyl (C=O) groups is 1. The number of amides is 1. The van der Waals surface area contributed by atoms with Crippen LogP contribution in [-0.4, -0.2) is 34.1 Å². The number of phenols is 2. The maximum atomic E-state index is 12.3. The zero-order valence-electron chi connectivity index (χ0n) is 10.6. The molecule has 1 aromatic rings. The summed E-state index contributed by atoms with van der Waals surface area (Å²) in [7, 11) is 1.78. The van der Waals surface area contributed by atoms with E-state index in [1.54, 1.807) is 11.9 Å². The lowest BCUT2D eigenvalue weighted by atomic mass is 9.94. The van der Waals surface area contributed by atoms with Crippen molar-refractivity contribution in [3.8, 4) is 11.5 Å². The minimum atomic E-state index is -0.181. The molecule has 2 N–H and O–H groups in total. The van der Waals surface area contributed by atoms with Crippen LogP contribution in [0.15, 0.2) is 18.2 Å². The average molecular weight is 249 g/mol. The molecule has 0 atom stereocenters. The molecule has 1 amide bonds. The van der Waals surface area contributed by atoms with Crippen molar-refractivity contribution >= 4 is 5.91 Å². The summed E-state index contributed by atoms with van der Waals surface area (Å²) in [5.74, 6) is -0.383. The highest BCUT2D eigenvalue weighted by atomic mass is 16.3. The number of phenolic OH excluding ortho intramolecular Hbond substituents is 2. The maximum absolute atomic E-state index is 12.3. The molecule has 0 unspecified atom stereocenters. The van der Waals surface area contributed by atoms with Gasteiger partial charge in [0.2, 0.25) is 0 Å². The molecule has 18 heavy (non-hydrogen) atoms. The summed E-state index contributed by atoms with van der Waals surface area (Å²) in [6.07, 6.45) is 5.61. The van der Waals surface area contributed by atoms with E-state index >= 15 is 0 Å². The Kier molecular flexibility index (Phi) is 3.75. The van der Waals surface area contributed by atoms with E-state index in [0.29, 0.717) is 0 Å². The van der Waals surface area contributed by atoms with Crippen molar-refractivity contribution in [2.24, 2.45) is 0 Å². The fourth-order valence-electron chi connectivity index (χ4n) is 2.53. The van der Waals surface area contributed by atoms with Crippen molar-refractivity contribution in [2.45, 2.75) is 38.1 Å². The van der Waals surface area contributed by atoms with Crippen molar-refractivity contribution in [2.75, 3.05) is 7.05 Å². The summed E-state index contributed by atoms with van der Waals surface area (Å²) < 4.78 is 0. The maximum Gasteiger partial charge on any atom is 0.257 e. The Morgan fingerprint density at radius 1 is 1.22 bits per heavy atom. The standard InChI is InChI=1S/C14H19NO3/c1-15(10-5-3-2-4-6-10)14(18)12-8-7-11(16)9-13(12)17/h7-10,16-17H,2-6H2,1H3. The predicted molar refractivity (Wildman–Crippen MR) is 68.7 cm³/mol. The topological polar surface area (TPSA) is 60.8 Å². The molecule has 0 aliphatic heterocycles. The molecule has 4 heteroatoms. The van der Waals surface area contributed by atoms with Crippen LogP contribution >= 0.6 is 0 Å². The van der Waals surface area contributed by atoms with Crippen LogP contribution in [0.4, 0.5) is 0 Å². The highest BCUT2D eigenvalue weighted by Crippen LogP contribution is 2.27. The van der Waals surface area contributed by atoms with Crippen LogP contribution in [0.3, 0.4) is 0 Å². The third-order valence-electron chi connectivity index (χ3n) is 3.65. The minimum Gasteiger partial charge on any atom is -0.508 e. The monoisotopic (exact) mass is 249 g/mol. The summed E-state index contributed by atoms with van der Waals surface area (Å²) in [6.45, 7) is 0. The lowest BCUT2D eigenvalue weighted by molar-refractivity contribution is 0.0693. The van der Waals surface area contributed by atoms with Gasteiger partial charge in [-0.2, -0.15) is 0 Å². The van der Waals surface area contributed by atoms with Crippen LogP contribution in [0.5, 0.6) is 11.5 Å². The highest BCUT2D eigenvalue weighted by molar-refractivity contribution is 5.97. The number of aromatic hydroxyl groups is 2. The summed E-state index contributed by atoms with van der Waals surface area (Å²) in [6, 6.07) is 4.34. The van der Waals surface area contributed by atoms with E-state index in [1.165, 1.54) is 24.6 Å². The van der Waals surface area contributed by atoms with Gasteiger partial charge < -0.3 is 15.1 Å². The normalized spacial score (nSPS) is 16.5. The Morgan fingerprint density at radius 2 is 1.89 bits per heavy atom. The molecule has 0 bridgehead atoms. The summed E-state index contributed by atoms with van der Waals surface area (Å²) >= 11 is 0. The third kappa shape index (κ3) is 2.58. The van der Waals surface area contributed by atoms with Crippen LogP contribution in [0.1, 0.15) is 42.5 Å². The van der Waals surface area contributed by atoms with Crippen LogP contribution in [0.25, 0.3) is 0 Å². The van der Waals surface area contributed by atoms with Gasteiger partial charge in [-0.05, 0) is 25.0 Å². The molecule has 0 heterocycles. The number of hydrogen-bond donors (Lipinski definition) is 2. The van der Waals surface area contributed by atoms with Gasteiger partial charge in [0, 0.05) is 19.2 Å². The smallest absolute Gasteiger partial charge is 0.257 e. The zero-order valence-corrected chi connectivity index (χ0v) is 10.6. The molecular formula is C14H19NO3. The first kappa shape index (κ1) is 12.7. The molecule has 2 rings (SSSR count). The van der Waals surface area contributed by atoms with Crippen molar-refractivity contribution in [3.63, 3.8) is 0 Å². The predicted octanol–water partition coefficient (Wildman–Crippen LogP) is 2.50. The Labute approximate surface area is 107 Å². The van der Waals surface area contributed by atoms with E-state index < -0.39 is 0 Å². The van der Waals surface area contributed by atoms with Gasteiger partial charge in [0.15, 0.2) is 0 Å². The number of carbonyl (C=O) groups excluding carboxylic acids is 1. The fraction of sp³-hybridized carbons (Fsp3) is 0.500. The summed E-state index contributed by atoms with van der Waals surface area (Å²) in [5.41, 5.74) is 0.251. The highest BCUT2D eigenvalue weighted by Gasteiger charge is 2.24. The second-order valence-corrected chi connectivity index (χ2v) is 4.91. The minimum absolute atomic E-state index is 0.0376. The van der Waals surface area contributed by atoms with Crippen molar-refractivity contribution in [1.82, 2.24) is 4.90 Å². The van der Waals surface area contributed by atoms with Gasteiger partial charge in [0.1, 0.15) is 11.5 Å². The molecule has 1 saturated carbocycles. The van der Waals surface area contributed by atoms with Gasteiger partial charge in [-0.1, -0.05) is 19.3 Å². The molecule has 1 aliphatic rings. The molecule has 1 aliphatic carbocycles. The van der Waals surface area contributed by atoms with E-state index in [0.717, 1.165) is 25.7 Å². The molecule has 1 aromatic carbocycles. The van der Waals surface area contributed by atoms with Crippen LogP contribution in [0, 0.1) is 0 Å². The van der Waals surface area contributed by atoms with Gasteiger partial charge in [-0.3, -0.25) is 4.79 Å². The largest absolute Gasteiger partial charge is 0.508 e. The average Bonchev–Trinajstić information content (AvgIpc) is 2.38. The van der Waals surface area contributed by atoms with Crippen LogP contribution in [-0.2, 0) is 0 Å². The summed E-state index contributed by atoms with van der Waals surface area (Å²) in [4.78, 5) is 14.0. The Balaban J connectivity index is 2.14. The number of nitrogens with zero attached hydrogens (tertiary/aromatic N) is 1. The quantitative estimate of drug-likeness (QED) is 0.846. The molecule has 0 spiro atoms. The molecular weight excluding hydrogens is 230 g/mol. The second kappa shape index (κ2) is 5.29. The van der Waals surface area contributed by atoms with Gasteiger partial charge in [0.25, 0.3) is 5.91 Å². The van der Waals surface area contributed by atoms with Gasteiger partial charge >= 0.3 is 0 Å². The fourth-order valence-corrected chi connectivity index (χ4v) is 2.53. The lowest BCUT2D eigenvalue weighted by Crippen LogP contribution is -2.38. The zero-order chi connectivity index (χ0) is 13.1. The summed E-state index contributed by atoms with van der Waals surface area (Å²) in [5, 5.41) is 18.9. The number of rotatable bonds is 2. The number of hydrogen-bond acceptors (Lipinski definition) is 3. The van der Waals surface area contributed by atoms with Gasteiger partial charge in [-0.25, -0.2) is 0 Å². The first-order valence-electron chi connectivity index (χ1n) is 6.38. The first-order chi connectivity index (χ1) is 8.59. The van der Waals surface area contributed by atoms with E-state index in [4.69, 9.17) is 0 Å². The second-order valence-electron chi connectivity index (χ2n) is 4.91. The number of benzene rings is 1. The van der Waals surface area contributed by atoms with Crippen molar-refractivity contribution in [1.29, 1.82) is 0 Å². The van der Waals surface area contributed by atoms with E-state index in [9.17, 15) is 15.0 Å². The van der Waals surface area contributed by atoms with Crippen molar-refractivity contribution < 1.29 is 15.0 Å². The molecule has 0 radical (unpaired) electrons. The Morgan fingerprint density at radius 3 is 2.50 bits per heavy atom. The van der Waals surface area contributed by atoms with E-state index in [1.807, 2.05) is 0 Å². The molecule has 0 saturated heterocycles. The van der Waals surface area contributed by atoms with Gasteiger partial charge in [0.05, 0.1) is 5.56 Å².